The first-order valence-electron chi connectivity index (χ1n) is 10.0. The smallest absolute Gasteiger partial charge is 0.274 e. The molecule has 0 bridgehead atoms. The maximum atomic E-state index is 12.4. The van der Waals surface area contributed by atoms with Gasteiger partial charge in [0.15, 0.2) is 0 Å². The molecule has 4 aromatic heterocycles. The molecule has 0 unspecified atom stereocenters. The van der Waals surface area contributed by atoms with Crippen molar-refractivity contribution < 1.29 is 9.32 Å². The van der Waals surface area contributed by atoms with Gasteiger partial charge in [0.2, 0.25) is 12.2 Å². The van der Waals surface area contributed by atoms with Crippen LogP contribution in [0.5, 0.6) is 0 Å². The lowest BCUT2D eigenvalue weighted by molar-refractivity contribution is 0.102. The van der Waals surface area contributed by atoms with Gasteiger partial charge in [0.05, 0.1) is 23.3 Å². The number of hydrogen-bond acceptors (Lipinski definition) is 8. The number of amides is 1. The first-order valence-corrected chi connectivity index (χ1v) is 10.0. The highest BCUT2D eigenvalue weighted by molar-refractivity contribution is 6.03. The summed E-state index contributed by atoms with van der Waals surface area (Å²) in [5.74, 6) is 0.0438. The van der Waals surface area contributed by atoms with E-state index in [-0.39, 0.29) is 11.6 Å². The summed E-state index contributed by atoms with van der Waals surface area (Å²) < 4.78 is 4.68. The molecular formula is C21H22N8O2. The Morgan fingerprint density at radius 3 is 2.52 bits per heavy atom. The summed E-state index contributed by atoms with van der Waals surface area (Å²) >= 11 is 0. The molecule has 158 valence electrons. The summed E-state index contributed by atoms with van der Waals surface area (Å²) in [5.41, 5.74) is 2.74. The van der Waals surface area contributed by atoms with Crippen LogP contribution in [0, 0.1) is 0 Å². The zero-order chi connectivity index (χ0) is 21.3. The van der Waals surface area contributed by atoms with E-state index in [9.17, 15) is 4.79 Å². The summed E-state index contributed by atoms with van der Waals surface area (Å²) in [7, 11) is 0. The summed E-state index contributed by atoms with van der Waals surface area (Å²) in [4.78, 5) is 24.8. The van der Waals surface area contributed by atoms with Gasteiger partial charge >= 0.3 is 0 Å². The Balaban J connectivity index is 0.000000334. The van der Waals surface area contributed by atoms with E-state index >= 15 is 0 Å². The number of aromatic amines is 1. The van der Waals surface area contributed by atoms with Crippen LogP contribution >= 0.6 is 0 Å². The van der Waals surface area contributed by atoms with E-state index in [1.54, 1.807) is 42.6 Å². The number of piperidine rings is 1. The third-order valence-corrected chi connectivity index (χ3v) is 4.58. The van der Waals surface area contributed by atoms with Crippen molar-refractivity contribution in [2.45, 2.75) is 19.3 Å². The Labute approximate surface area is 178 Å². The van der Waals surface area contributed by atoms with Gasteiger partial charge < -0.3 is 15.2 Å². The van der Waals surface area contributed by atoms with Crippen molar-refractivity contribution in [3.8, 4) is 22.9 Å². The minimum Gasteiger partial charge on any atom is -0.342 e. The fraction of sp³-hybridized carbons (Fsp3) is 0.238. The molecule has 1 fully saturated rings. The zero-order valence-corrected chi connectivity index (χ0v) is 16.8. The molecule has 5 rings (SSSR count). The molecule has 0 spiro atoms. The van der Waals surface area contributed by atoms with Gasteiger partial charge in [-0.15, -0.1) is 0 Å². The van der Waals surface area contributed by atoms with Crippen LogP contribution in [-0.2, 0) is 0 Å². The predicted molar refractivity (Wildman–Crippen MR) is 114 cm³/mol. The van der Waals surface area contributed by atoms with E-state index in [1.165, 1.54) is 44.9 Å². The summed E-state index contributed by atoms with van der Waals surface area (Å²) in [6.07, 6.45) is 8.58. The molecule has 31 heavy (non-hydrogen) atoms. The number of pyridine rings is 2. The van der Waals surface area contributed by atoms with Gasteiger partial charge in [0, 0.05) is 6.20 Å². The molecule has 3 N–H and O–H groups in total. The number of nitrogens with zero attached hydrogens (tertiary/aromatic N) is 5. The Morgan fingerprint density at radius 1 is 1.00 bits per heavy atom. The number of H-pyrrole nitrogens is 1. The number of carbonyl (C=O) groups excluding carboxylic acids is 1. The third kappa shape index (κ3) is 5.58. The Hall–Kier alpha value is -3.92. The van der Waals surface area contributed by atoms with Crippen molar-refractivity contribution >= 4 is 11.6 Å². The monoisotopic (exact) mass is 418 g/mol. The van der Waals surface area contributed by atoms with Crippen molar-refractivity contribution in [3.63, 3.8) is 0 Å². The fourth-order valence-electron chi connectivity index (χ4n) is 2.99. The van der Waals surface area contributed by atoms with E-state index in [0.29, 0.717) is 22.9 Å². The average Bonchev–Trinajstić information content (AvgIpc) is 3.56. The standard InChI is InChI=1S/C16H11N7O2.C5H11N/c24-16(14-3-1-2-11(21-14)12-6-7-19-22-12)20-10-4-5-13(17-8-10)15-18-9-25-23-15;1-2-4-6-5-3-1/h1-9H,(H,19,22)(H,20,24);6H,1-5H2. The van der Waals surface area contributed by atoms with E-state index in [0.717, 1.165) is 5.69 Å². The van der Waals surface area contributed by atoms with Gasteiger partial charge in [-0.25, -0.2) is 4.98 Å². The van der Waals surface area contributed by atoms with Gasteiger partial charge in [-0.1, -0.05) is 17.6 Å². The molecule has 0 aliphatic carbocycles. The molecule has 0 atom stereocenters. The number of rotatable bonds is 4. The maximum absolute atomic E-state index is 12.4. The SMILES string of the molecule is C1CCNCC1.O=C(Nc1ccc(-c2ncon2)nc1)c1cccc(-c2ccn[nH]2)n1. The second-order valence-electron chi connectivity index (χ2n) is 6.83. The molecule has 0 saturated carbocycles. The lowest BCUT2D eigenvalue weighted by Gasteiger charge is -2.08. The summed E-state index contributed by atoms with van der Waals surface area (Å²) in [6, 6.07) is 10.4. The second kappa shape index (κ2) is 10.2. The lowest BCUT2D eigenvalue weighted by Crippen LogP contribution is -2.21. The van der Waals surface area contributed by atoms with E-state index in [2.05, 4.69) is 45.5 Å². The normalized spacial score (nSPS) is 13.2. The molecule has 1 saturated heterocycles. The van der Waals surface area contributed by atoms with E-state index in [4.69, 9.17) is 0 Å². The van der Waals surface area contributed by atoms with Crippen LogP contribution in [0.2, 0.25) is 0 Å². The highest BCUT2D eigenvalue weighted by Crippen LogP contribution is 2.16. The number of carbonyl (C=O) groups is 1. The Morgan fingerprint density at radius 2 is 1.90 bits per heavy atom. The number of hydrogen-bond donors (Lipinski definition) is 3. The minimum absolute atomic E-state index is 0.286. The number of aromatic nitrogens is 6. The largest absolute Gasteiger partial charge is 0.342 e. The highest BCUT2D eigenvalue weighted by atomic mass is 16.5. The molecule has 1 aliphatic rings. The Kier molecular flexibility index (Phi) is 6.71. The van der Waals surface area contributed by atoms with Crippen molar-refractivity contribution in [1.82, 2.24) is 35.6 Å². The van der Waals surface area contributed by atoms with E-state index < -0.39 is 0 Å². The quantitative estimate of drug-likeness (QED) is 0.460. The van der Waals surface area contributed by atoms with Gasteiger partial charge in [-0.05, 0) is 56.3 Å². The average molecular weight is 418 g/mol. The van der Waals surface area contributed by atoms with Gasteiger partial charge in [-0.3, -0.25) is 14.9 Å². The van der Waals surface area contributed by atoms with Crippen LogP contribution in [0.1, 0.15) is 29.8 Å². The van der Waals surface area contributed by atoms with Crippen molar-refractivity contribution in [3.05, 3.63) is 60.9 Å². The molecule has 0 aromatic carbocycles. The molecule has 1 aliphatic heterocycles. The molecule has 10 nitrogen and oxygen atoms in total. The molecule has 4 aromatic rings. The minimum atomic E-state index is -0.338. The molecule has 5 heterocycles. The van der Waals surface area contributed by atoms with Crippen LogP contribution in [0.25, 0.3) is 22.9 Å². The van der Waals surface area contributed by atoms with Crippen LogP contribution in [0.15, 0.2) is 59.7 Å². The molecule has 10 heteroatoms. The van der Waals surface area contributed by atoms with Crippen molar-refractivity contribution in [2.75, 3.05) is 18.4 Å². The number of nitrogens with one attached hydrogen (secondary N) is 3. The van der Waals surface area contributed by atoms with Crippen LogP contribution in [-0.4, -0.2) is 49.3 Å². The predicted octanol–water partition coefficient (Wildman–Crippen LogP) is 2.93. The van der Waals surface area contributed by atoms with E-state index in [1.807, 2.05) is 0 Å². The number of anilines is 1. The summed E-state index contributed by atoms with van der Waals surface area (Å²) in [6.45, 7) is 2.50. The molecular weight excluding hydrogens is 396 g/mol. The van der Waals surface area contributed by atoms with Crippen molar-refractivity contribution in [1.29, 1.82) is 0 Å². The molecule has 1 amide bonds. The molecule has 0 radical (unpaired) electrons. The van der Waals surface area contributed by atoms with Crippen molar-refractivity contribution in [2.24, 2.45) is 0 Å². The summed E-state index contributed by atoms with van der Waals surface area (Å²) in [5, 5.41) is 16.4. The lowest BCUT2D eigenvalue weighted by atomic mass is 10.2. The van der Waals surface area contributed by atoms with Crippen LogP contribution < -0.4 is 10.6 Å². The fourth-order valence-corrected chi connectivity index (χ4v) is 2.99. The second-order valence-corrected chi connectivity index (χ2v) is 6.83. The third-order valence-electron chi connectivity index (χ3n) is 4.58. The highest BCUT2D eigenvalue weighted by Gasteiger charge is 2.11. The van der Waals surface area contributed by atoms with Gasteiger partial charge in [0.25, 0.3) is 5.91 Å². The van der Waals surface area contributed by atoms with Crippen LogP contribution in [0.4, 0.5) is 5.69 Å². The first kappa shape index (κ1) is 20.4. The topological polar surface area (TPSA) is 135 Å². The first-order chi connectivity index (χ1) is 15.3. The zero-order valence-electron chi connectivity index (χ0n) is 16.8. The Bertz CT molecular complexity index is 1060. The van der Waals surface area contributed by atoms with Crippen LogP contribution in [0.3, 0.4) is 0 Å². The van der Waals surface area contributed by atoms with Gasteiger partial charge in [-0.2, -0.15) is 10.1 Å². The maximum Gasteiger partial charge on any atom is 0.274 e. The van der Waals surface area contributed by atoms with Gasteiger partial charge in [0.1, 0.15) is 11.4 Å².